The first-order chi connectivity index (χ1) is 18.3. The van der Waals surface area contributed by atoms with Crippen LogP contribution in [0.25, 0.3) is 0 Å². The van der Waals surface area contributed by atoms with E-state index in [1.54, 1.807) is 0 Å². The van der Waals surface area contributed by atoms with Crippen LogP contribution in [0.5, 0.6) is 0 Å². The van der Waals surface area contributed by atoms with E-state index in [9.17, 15) is 24.2 Å². The van der Waals surface area contributed by atoms with Gasteiger partial charge in [0.15, 0.2) is 0 Å². The lowest BCUT2D eigenvalue weighted by Gasteiger charge is -2.15. The molecule has 0 aliphatic heterocycles. The van der Waals surface area contributed by atoms with Crippen molar-refractivity contribution in [1.29, 1.82) is 0 Å². The Labute approximate surface area is 230 Å². The molecule has 0 fully saturated rings. The molecule has 3 N–H and O–H groups in total. The highest BCUT2D eigenvalue weighted by atomic mass is 31.2. The first-order valence-electron chi connectivity index (χ1n) is 14.7. The first kappa shape index (κ1) is 36.8. The summed E-state index contributed by atoms with van der Waals surface area (Å²) < 4.78 is 26.5. The molecule has 2 unspecified atom stereocenters. The van der Waals surface area contributed by atoms with Gasteiger partial charge in [0, 0.05) is 19.4 Å². The molecule has 224 valence electrons. The lowest BCUT2D eigenvalue weighted by Crippen LogP contribution is -2.27. The standard InChI is InChI=1S/C28H54NO8P/c1-3-5-7-9-11-12-13-15-17-19-21-28(32)35-24-26(30)25-37-38(33,34)36-23-22-29-27(31)20-18-16-14-10-8-6-4-2/h7,9,26,30H,3-6,8,10-25H2,1-2H3,(H,29,31)(H,33,34)/b9-7-. The second-order valence-corrected chi connectivity index (χ2v) is 11.2. The SMILES string of the molecule is CCC/C=C\CCCCCCCC(=O)OCC(O)COP(=O)(O)OCCNC(=O)CCCCCCCCC. The molecule has 0 aliphatic rings. The normalized spacial score (nSPS) is 13.9. The number of aliphatic hydroxyl groups excluding tert-OH is 1. The van der Waals surface area contributed by atoms with Crippen molar-refractivity contribution in [3.63, 3.8) is 0 Å². The number of ether oxygens (including phenoxy) is 1. The Morgan fingerprint density at radius 2 is 1.39 bits per heavy atom. The zero-order valence-electron chi connectivity index (χ0n) is 23.9. The van der Waals surface area contributed by atoms with Gasteiger partial charge in [-0.25, -0.2) is 4.57 Å². The third kappa shape index (κ3) is 26.4. The van der Waals surface area contributed by atoms with E-state index in [1.807, 2.05) is 0 Å². The molecule has 0 saturated carbocycles. The molecule has 0 radical (unpaired) electrons. The fourth-order valence-electron chi connectivity index (χ4n) is 3.67. The molecule has 38 heavy (non-hydrogen) atoms. The Morgan fingerprint density at radius 1 is 0.789 bits per heavy atom. The maximum absolute atomic E-state index is 11.9. The number of hydrogen-bond acceptors (Lipinski definition) is 7. The fraction of sp³-hybridized carbons (Fsp3) is 0.857. The predicted molar refractivity (Wildman–Crippen MR) is 151 cm³/mol. The van der Waals surface area contributed by atoms with E-state index in [0.717, 1.165) is 64.2 Å². The van der Waals surface area contributed by atoms with Crippen molar-refractivity contribution in [2.24, 2.45) is 0 Å². The van der Waals surface area contributed by atoms with Crippen molar-refractivity contribution in [2.45, 2.75) is 129 Å². The minimum Gasteiger partial charge on any atom is -0.463 e. The molecule has 0 saturated heterocycles. The third-order valence-corrected chi connectivity index (χ3v) is 6.91. The predicted octanol–water partition coefficient (Wildman–Crippen LogP) is 6.37. The summed E-state index contributed by atoms with van der Waals surface area (Å²) >= 11 is 0. The average molecular weight is 564 g/mol. The second kappa shape index (κ2) is 26.0. The van der Waals surface area contributed by atoms with Crippen LogP contribution >= 0.6 is 7.82 Å². The maximum Gasteiger partial charge on any atom is 0.472 e. The van der Waals surface area contributed by atoms with E-state index in [-0.39, 0.29) is 32.1 Å². The Bertz CT molecular complexity index is 659. The number of phosphoric acid groups is 1. The Hall–Kier alpha value is -1.25. The number of nitrogens with one attached hydrogen (secondary N) is 1. The van der Waals surface area contributed by atoms with Gasteiger partial charge >= 0.3 is 13.8 Å². The number of carbonyl (C=O) groups excluding carboxylic acids is 2. The molecule has 0 aromatic heterocycles. The zero-order chi connectivity index (χ0) is 28.3. The monoisotopic (exact) mass is 563 g/mol. The number of aliphatic hydroxyl groups is 1. The molecular formula is C28H54NO8P. The smallest absolute Gasteiger partial charge is 0.463 e. The van der Waals surface area contributed by atoms with Crippen LogP contribution < -0.4 is 5.32 Å². The zero-order valence-corrected chi connectivity index (χ0v) is 24.8. The lowest BCUT2D eigenvalue weighted by atomic mass is 10.1. The summed E-state index contributed by atoms with van der Waals surface area (Å²) in [4.78, 5) is 33.3. The topological polar surface area (TPSA) is 131 Å². The number of carbonyl (C=O) groups is 2. The summed E-state index contributed by atoms with van der Waals surface area (Å²) in [6.07, 6.45) is 20.2. The number of esters is 1. The molecule has 0 aromatic carbocycles. The lowest BCUT2D eigenvalue weighted by molar-refractivity contribution is -0.147. The molecule has 10 heteroatoms. The molecule has 0 aliphatic carbocycles. The van der Waals surface area contributed by atoms with Gasteiger partial charge in [-0.15, -0.1) is 0 Å². The number of hydrogen-bond donors (Lipinski definition) is 3. The van der Waals surface area contributed by atoms with Gasteiger partial charge in [-0.1, -0.05) is 90.2 Å². The molecule has 0 spiro atoms. The molecule has 1 amide bonds. The van der Waals surface area contributed by atoms with Crippen molar-refractivity contribution in [3.8, 4) is 0 Å². The van der Waals surface area contributed by atoms with Crippen LogP contribution in [0.3, 0.4) is 0 Å². The van der Waals surface area contributed by atoms with Gasteiger partial charge in [0.05, 0.1) is 13.2 Å². The number of allylic oxidation sites excluding steroid dienone is 2. The van der Waals surface area contributed by atoms with Crippen molar-refractivity contribution in [1.82, 2.24) is 5.32 Å². The molecule has 0 aromatic rings. The van der Waals surface area contributed by atoms with Crippen LogP contribution in [0.2, 0.25) is 0 Å². The maximum atomic E-state index is 11.9. The highest BCUT2D eigenvalue weighted by Gasteiger charge is 2.23. The van der Waals surface area contributed by atoms with Crippen molar-refractivity contribution < 1.29 is 37.9 Å². The number of unbranched alkanes of at least 4 members (excludes halogenated alkanes) is 12. The van der Waals surface area contributed by atoms with E-state index in [2.05, 4.69) is 31.3 Å². The number of amides is 1. The van der Waals surface area contributed by atoms with Gasteiger partial charge in [0.25, 0.3) is 0 Å². The van der Waals surface area contributed by atoms with E-state index in [4.69, 9.17) is 13.8 Å². The van der Waals surface area contributed by atoms with Crippen LogP contribution in [0.4, 0.5) is 0 Å². The minimum atomic E-state index is -4.39. The van der Waals surface area contributed by atoms with E-state index in [0.29, 0.717) is 6.42 Å². The third-order valence-electron chi connectivity index (χ3n) is 5.93. The summed E-state index contributed by atoms with van der Waals surface area (Å²) in [6.45, 7) is 3.39. The van der Waals surface area contributed by atoms with Crippen LogP contribution in [-0.4, -0.2) is 54.3 Å². The summed E-state index contributed by atoms with van der Waals surface area (Å²) in [5.74, 6) is -0.537. The van der Waals surface area contributed by atoms with Gasteiger partial charge in [-0.3, -0.25) is 18.6 Å². The Morgan fingerprint density at radius 3 is 2.08 bits per heavy atom. The average Bonchev–Trinajstić information content (AvgIpc) is 2.89. The number of rotatable bonds is 27. The highest BCUT2D eigenvalue weighted by molar-refractivity contribution is 7.47. The van der Waals surface area contributed by atoms with E-state index < -0.39 is 26.5 Å². The van der Waals surface area contributed by atoms with Crippen LogP contribution in [0.1, 0.15) is 123 Å². The molecule has 2 atom stereocenters. The summed E-state index contributed by atoms with van der Waals surface area (Å²) in [7, 11) is -4.39. The van der Waals surface area contributed by atoms with Gasteiger partial charge in [0.2, 0.25) is 5.91 Å². The minimum absolute atomic E-state index is 0.0828. The molecule has 0 bridgehead atoms. The molecular weight excluding hydrogens is 509 g/mol. The molecule has 9 nitrogen and oxygen atoms in total. The first-order valence-corrected chi connectivity index (χ1v) is 16.2. The Balaban J connectivity index is 3.70. The summed E-state index contributed by atoms with van der Waals surface area (Å²) in [5.41, 5.74) is 0. The van der Waals surface area contributed by atoms with Gasteiger partial charge in [0.1, 0.15) is 12.7 Å². The largest absolute Gasteiger partial charge is 0.472 e. The summed E-state index contributed by atoms with van der Waals surface area (Å²) in [6, 6.07) is 0. The van der Waals surface area contributed by atoms with E-state index >= 15 is 0 Å². The van der Waals surface area contributed by atoms with Crippen molar-refractivity contribution in [3.05, 3.63) is 12.2 Å². The fourth-order valence-corrected chi connectivity index (χ4v) is 4.43. The van der Waals surface area contributed by atoms with Crippen molar-refractivity contribution in [2.75, 3.05) is 26.4 Å². The molecule has 0 heterocycles. The summed E-state index contributed by atoms with van der Waals surface area (Å²) in [5, 5.41) is 12.5. The quantitative estimate of drug-likeness (QED) is 0.0455. The second-order valence-electron chi connectivity index (χ2n) is 9.72. The molecule has 0 rings (SSSR count). The van der Waals surface area contributed by atoms with Crippen molar-refractivity contribution >= 4 is 19.7 Å². The van der Waals surface area contributed by atoms with Crippen LogP contribution in [0.15, 0.2) is 12.2 Å². The van der Waals surface area contributed by atoms with Gasteiger partial charge < -0.3 is 20.1 Å². The van der Waals surface area contributed by atoms with E-state index in [1.165, 1.54) is 32.1 Å². The highest BCUT2D eigenvalue weighted by Crippen LogP contribution is 2.42. The van der Waals surface area contributed by atoms with Gasteiger partial charge in [-0.05, 0) is 32.1 Å². The van der Waals surface area contributed by atoms with Crippen LogP contribution in [-0.2, 0) is 27.9 Å². The van der Waals surface area contributed by atoms with Crippen LogP contribution in [0, 0.1) is 0 Å². The number of phosphoric ester groups is 1. The Kier molecular flexibility index (Phi) is 25.1. The van der Waals surface area contributed by atoms with Gasteiger partial charge in [-0.2, -0.15) is 0 Å².